The molecule has 2 amide bonds. The molecule has 0 aromatic heterocycles. The summed E-state index contributed by atoms with van der Waals surface area (Å²) >= 11 is 0. The Morgan fingerprint density at radius 3 is 2.73 bits per heavy atom. The van der Waals surface area contributed by atoms with Crippen molar-refractivity contribution < 1.29 is 14.3 Å². The summed E-state index contributed by atoms with van der Waals surface area (Å²) < 4.78 is 5.18. The van der Waals surface area contributed by atoms with E-state index >= 15 is 0 Å². The number of carbonyl (C=O) groups excluding carboxylic acids is 2. The highest BCUT2D eigenvalue weighted by molar-refractivity contribution is 6.01. The van der Waals surface area contributed by atoms with Crippen molar-refractivity contribution >= 4 is 17.5 Å². The van der Waals surface area contributed by atoms with Crippen molar-refractivity contribution in [2.24, 2.45) is 0 Å². The molecule has 1 aliphatic rings. The van der Waals surface area contributed by atoms with E-state index in [1.807, 2.05) is 56.3 Å². The van der Waals surface area contributed by atoms with Crippen molar-refractivity contribution in [1.82, 2.24) is 5.32 Å². The lowest BCUT2D eigenvalue weighted by Gasteiger charge is -2.18. The van der Waals surface area contributed by atoms with Crippen LogP contribution in [0.5, 0.6) is 5.75 Å². The van der Waals surface area contributed by atoms with Gasteiger partial charge in [-0.2, -0.15) is 0 Å². The minimum atomic E-state index is -0.463. The molecule has 0 saturated carbocycles. The zero-order valence-electron chi connectivity index (χ0n) is 15.4. The van der Waals surface area contributed by atoms with Gasteiger partial charge in [0.05, 0.1) is 13.5 Å². The molecule has 3 rings (SSSR count). The number of nitrogens with one attached hydrogen (secondary N) is 1. The second kappa shape index (κ2) is 7.60. The maximum Gasteiger partial charge on any atom is 0.249 e. The molecule has 1 unspecified atom stereocenters. The van der Waals surface area contributed by atoms with Gasteiger partial charge in [-0.3, -0.25) is 9.59 Å². The molecule has 2 aromatic carbocycles. The Morgan fingerprint density at radius 2 is 2.00 bits per heavy atom. The largest absolute Gasteiger partial charge is 0.497 e. The topological polar surface area (TPSA) is 58.6 Å². The van der Waals surface area contributed by atoms with Gasteiger partial charge in [0.2, 0.25) is 11.8 Å². The Hall–Kier alpha value is -2.82. The summed E-state index contributed by atoms with van der Waals surface area (Å²) in [6, 6.07) is 12.9. The third-order valence-corrected chi connectivity index (χ3v) is 4.84. The number of hydrogen-bond donors (Lipinski definition) is 1. The predicted molar refractivity (Wildman–Crippen MR) is 102 cm³/mol. The van der Waals surface area contributed by atoms with Crippen LogP contribution in [0.15, 0.2) is 42.5 Å². The number of carbonyl (C=O) groups is 2. The van der Waals surface area contributed by atoms with Gasteiger partial charge in [-0.15, -0.1) is 0 Å². The van der Waals surface area contributed by atoms with Crippen LogP contribution in [0, 0.1) is 13.8 Å². The molecule has 2 aromatic rings. The highest BCUT2D eigenvalue weighted by Gasteiger charge is 2.33. The number of methoxy groups -OCH3 is 1. The van der Waals surface area contributed by atoms with Crippen LogP contribution in [0.1, 0.15) is 23.1 Å². The van der Waals surface area contributed by atoms with Gasteiger partial charge < -0.3 is 15.0 Å². The Labute approximate surface area is 154 Å². The molecule has 1 atom stereocenters. The maximum atomic E-state index is 12.7. The summed E-state index contributed by atoms with van der Waals surface area (Å²) in [5.74, 6) is 0.513. The van der Waals surface area contributed by atoms with Crippen LogP contribution in [-0.2, 0) is 16.0 Å². The van der Waals surface area contributed by atoms with Crippen LogP contribution >= 0.6 is 0 Å². The van der Waals surface area contributed by atoms with Crippen molar-refractivity contribution in [1.29, 1.82) is 0 Å². The third-order valence-electron chi connectivity index (χ3n) is 4.84. The van der Waals surface area contributed by atoms with Gasteiger partial charge in [-0.1, -0.05) is 18.2 Å². The fourth-order valence-corrected chi connectivity index (χ4v) is 3.18. The monoisotopic (exact) mass is 352 g/mol. The number of aryl methyl sites for hydroxylation is 2. The van der Waals surface area contributed by atoms with Crippen LogP contribution in [0.3, 0.4) is 0 Å². The molecule has 0 bridgehead atoms. The second-order valence-electron chi connectivity index (χ2n) is 6.70. The van der Waals surface area contributed by atoms with Crippen molar-refractivity contribution in [2.45, 2.75) is 32.7 Å². The Bertz CT molecular complexity index is 832. The summed E-state index contributed by atoms with van der Waals surface area (Å²) in [6.45, 7) is 4.70. The molecular weight excluding hydrogens is 328 g/mol. The fraction of sp³-hybridized carbons (Fsp3) is 0.333. The number of hydrogen-bond acceptors (Lipinski definition) is 3. The van der Waals surface area contributed by atoms with Gasteiger partial charge in [0, 0.05) is 12.2 Å². The van der Waals surface area contributed by atoms with Gasteiger partial charge >= 0.3 is 0 Å². The van der Waals surface area contributed by atoms with Gasteiger partial charge in [0.1, 0.15) is 11.8 Å². The summed E-state index contributed by atoms with van der Waals surface area (Å²) in [5.41, 5.74) is 4.10. The van der Waals surface area contributed by atoms with E-state index in [0.29, 0.717) is 18.7 Å². The Balaban J connectivity index is 1.62. The fourth-order valence-electron chi connectivity index (χ4n) is 3.18. The standard InChI is InChI=1S/C21H24N2O3/c1-14-7-8-17(11-15(14)2)23-10-9-19(21(23)25)22-20(24)13-16-5-4-6-18(12-16)26-3/h4-8,11-12,19H,9-10,13H2,1-3H3,(H,22,24). The molecule has 0 radical (unpaired) electrons. The van der Waals surface area contributed by atoms with Crippen LogP contribution in [0.2, 0.25) is 0 Å². The molecule has 1 aliphatic heterocycles. The highest BCUT2D eigenvalue weighted by atomic mass is 16.5. The van der Waals surface area contributed by atoms with Crippen LogP contribution in [0.25, 0.3) is 0 Å². The SMILES string of the molecule is COc1cccc(CC(=O)NC2CCN(c3ccc(C)c(C)c3)C2=O)c1. The van der Waals surface area contributed by atoms with Gasteiger partial charge in [0.25, 0.3) is 0 Å². The first-order chi connectivity index (χ1) is 12.5. The van der Waals surface area contributed by atoms with Crippen LogP contribution < -0.4 is 15.0 Å². The molecule has 0 aliphatic carbocycles. The summed E-state index contributed by atoms with van der Waals surface area (Å²) in [4.78, 5) is 26.8. The summed E-state index contributed by atoms with van der Waals surface area (Å²) in [7, 11) is 1.59. The lowest BCUT2D eigenvalue weighted by Crippen LogP contribution is -2.42. The van der Waals surface area contributed by atoms with Gasteiger partial charge in [0.15, 0.2) is 0 Å². The number of benzene rings is 2. The molecule has 1 N–H and O–H groups in total. The Morgan fingerprint density at radius 1 is 1.19 bits per heavy atom. The molecule has 5 heteroatoms. The summed E-state index contributed by atoms with van der Waals surface area (Å²) in [6.07, 6.45) is 0.847. The van der Waals surface area contributed by atoms with Crippen LogP contribution in [-0.4, -0.2) is 31.5 Å². The molecule has 0 spiro atoms. The average Bonchev–Trinajstić information content (AvgIpc) is 2.98. The normalized spacial score (nSPS) is 16.7. The van der Waals surface area contributed by atoms with E-state index in [9.17, 15) is 9.59 Å². The zero-order chi connectivity index (χ0) is 18.7. The molecule has 5 nitrogen and oxygen atoms in total. The van der Waals surface area contributed by atoms with E-state index in [-0.39, 0.29) is 18.2 Å². The minimum Gasteiger partial charge on any atom is -0.497 e. The highest BCUT2D eigenvalue weighted by Crippen LogP contribution is 2.24. The zero-order valence-corrected chi connectivity index (χ0v) is 15.4. The summed E-state index contributed by atoms with van der Waals surface area (Å²) in [5, 5.41) is 2.87. The van der Waals surface area contributed by atoms with Crippen molar-refractivity contribution in [2.75, 3.05) is 18.6 Å². The minimum absolute atomic E-state index is 0.0488. The molecule has 1 saturated heterocycles. The number of amides is 2. The first-order valence-corrected chi connectivity index (χ1v) is 8.79. The first-order valence-electron chi connectivity index (χ1n) is 8.79. The van der Waals surface area contributed by atoms with E-state index in [4.69, 9.17) is 4.74 Å². The van der Waals surface area contributed by atoms with Crippen molar-refractivity contribution in [3.05, 3.63) is 59.2 Å². The van der Waals surface area contributed by atoms with E-state index in [2.05, 4.69) is 5.32 Å². The number of ether oxygens (including phenoxy) is 1. The number of anilines is 1. The smallest absolute Gasteiger partial charge is 0.249 e. The second-order valence-corrected chi connectivity index (χ2v) is 6.70. The molecule has 136 valence electrons. The van der Waals surface area contributed by atoms with E-state index in [0.717, 1.165) is 16.8 Å². The van der Waals surface area contributed by atoms with Gasteiger partial charge in [-0.25, -0.2) is 0 Å². The van der Waals surface area contributed by atoms with E-state index in [1.54, 1.807) is 12.0 Å². The number of nitrogens with zero attached hydrogens (tertiary/aromatic N) is 1. The molecule has 26 heavy (non-hydrogen) atoms. The van der Waals surface area contributed by atoms with E-state index < -0.39 is 6.04 Å². The number of rotatable bonds is 5. The quantitative estimate of drug-likeness (QED) is 0.900. The van der Waals surface area contributed by atoms with Crippen molar-refractivity contribution in [3.63, 3.8) is 0 Å². The van der Waals surface area contributed by atoms with Crippen molar-refractivity contribution in [3.8, 4) is 5.75 Å². The lowest BCUT2D eigenvalue weighted by atomic mass is 10.1. The average molecular weight is 352 g/mol. The maximum absolute atomic E-state index is 12.7. The molecule has 1 heterocycles. The first kappa shape index (κ1) is 18.0. The predicted octanol–water partition coefficient (Wildman–Crippen LogP) is 2.78. The van der Waals surface area contributed by atoms with Crippen LogP contribution in [0.4, 0.5) is 5.69 Å². The molecule has 1 fully saturated rings. The third kappa shape index (κ3) is 3.87. The lowest BCUT2D eigenvalue weighted by molar-refractivity contribution is -0.126. The van der Waals surface area contributed by atoms with Gasteiger partial charge in [-0.05, 0) is 61.2 Å². The Kier molecular flexibility index (Phi) is 5.26. The van der Waals surface area contributed by atoms with E-state index in [1.165, 1.54) is 5.56 Å². The molecular formula is C21H24N2O3.